The van der Waals surface area contributed by atoms with Crippen LogP contribution in [-0.2, 0) is 17.6 Å². The maximum absolute atomic E-state index is 12.1. The van der Waals surface area contributed by atoms with Crippen LogP contribution in [0, 0.1) is 0 Å². The molecule has 2 aromatic carbocycles. The minimum absolute atomic E-state index is 0.0512. The van der Waals surface area contributed by atoms with Gasteiger partial charge in [-0.1, -0.05) is 30.3 Å². The van der Waals surface area contributed by atoms with Crippen molar-refractivity contribution in [1.82, 2.24) is 9.97 Å². The predicted molar refractivity (Wildman–Crippen MR) is 110 cm³/mol. The molecular weight excluding hydrogens is 352 g/mol. The smallest absolute Gasteiger partial charge is 0.228 e. The maximum Gasteiger partial charge on any atom is 0.228 e. The van der Waals surface area contributed by atoms with Gasteiger partial charge in [0.2, 0.25) is 11.9 Å². The van der Waals surface area contributed by atoms with Gasteiger partial charge in [0.15, 0.2) is 0 Å². The highest BCUT2D eigenvalue weighted by Crippen LogP contribution is 2.32. The number of rotatable bonds is 6. The molecule has 0 bridgehead atoms. The molecule has 1 aliphatic heterocycles. The van der Waals surface area contributed by atoms with Crippen LogP contribution in [0.5, 0.6) is 5.75 Å². The summed E-state index contributed by atoms with van der Waals surface area (Å²) in [6.07, 6.45) is 2.84. The van der Waals surface area contributed by atoms with E-state index >= 15 is 0 Å². The van der Waals surface area contributed by atoms with E-state index in [1.807, 2.05) is 43.3 Å². The molecule has 3 aromatic rings. The van der Waals surface area contributed by atoms with Gasteiger partial charge in [-0.15, -0.1) is 0 Å². The normalized spacial score (nSPS) is 12.4. The number of nitrogens with zero attached hydrogens (tertiary/aromatic N) is 2. The molecule has 2 N–H and O–H groups in total. The molecule has 142 valence electrons. The lowest BCUT2D eigenvalue weighted by Gasteiger charge is -2.11. The van der Waals surface area contributed by atoms with Crippen LogP contribution in [0.25, 0.3) is 11.3 Å². The van der Waals surface area contributed by atoms with Crippen LogP contribution in [0.15, 0.2) is 54.7 Å². The fourth-order valence-corrected chi connectivity index (χ4v) is 3.30. The topological polar surface area (TPSA) is 76.1 Å². The van der Waals surface area contributed by atoms with Crippen LogP contribution in [0.2, 0.25) is 0 Å². The monoisotopic (exact) mass is 374 g/mol. The third-order valence-electron chi connectivity index (χ3n) is 4.58. The lowest BCUT2D eigenvalue weighted by Crippen LogP contribution is -2.13. The predicted octanol–water partition coefficient (Wildman–Crippen LogP) is 3.69. The van der Waals surface area contributed by atoms with E-state index in [0.29, 0.717) is 19.1 Å². The summed E-state index contributed by atoms with van der Waals surface area (Å²) in [4.78, 5) is 21.2. The molecule has 1 aliphatic rings. The molecule has 0 spiro atoms. The van der Waals surface area contributed by atoms with Crippen LogP contribution >= 0.6 is 0 Å². The van der Waals surface area contributed by atoms with Crippen molar-refractivity contribution in [2.24, 2.45) is 0 Å². The van der Waals surface area contributed by atoms with E-state index in [1.165, 1.54) is 5.56 Å². The van der Waals surface area contributed by atoms with Gasteiger partial charge in [-0.3, -0.25) is 4.79 Å². The van der Waals surface area contributed by atoms with E-state index in [4.69, 9.17) is 4.74 Å². The zero-order valence-electron chi connectivity index (χ0n) is 15.7. The first kappa shape index (κ1) is 18.0. The minimum atomic E-state index is -0.0512. The highest BCUT2D eigenvalue weighted by molar-refractivity contribution is 5.99. The summed E-state index contributed by atoms with van der Waals surface area (Å²) in [5.41, 5.74) is 4.51. The summed E-state index contributed by atoms with van der Waals surface area (Å²) in [6.45, 7) is 3.34. The number of amides is 1. The molecule has 0 saturated heterocycles. The Kier molecular flexibility index (Phi) is 5.19. The number of benzene rings is 2. The highest BCUT2D eigenvalue weighted by atomic mass is 16.5. The second kappa shape index (κ2) is 8.08. The van der Waals surface area contributed by atoms with Gasteiger partial charge in [-0.2, -0.15) is 0 Å². The SMILES string of the molecule is CCOc1cccc(CCNc2ncc3c(n2)-c2ccccc2NC(=O)C3)c1. The van der Waals surface area contributed by atoms with Gasteiger partial charge >= 0.3 is 0 Å². The van der Waals surface area contributed by atoms with E-state index in [-0.39, 0.29) is 12.3 Å². The summed E-state index contributed by atoms with van der Waals surface area (Å²) < 4.78 is 5.55. The molecule has 0 aliphatic carbocycles. The number of para-hydroxylation sites is 1. The first-order valence-corrected chi connectivity index (χ1v) is 9.43. The maximum atomic E-state index is 12.1. The van der Waals surface area contributed by atoms with E-state index in [2.05, 4.69) is 32.7 Å². The number of anilines is 2. The van der Waals surface area contributed by atoms with E-state index in [9.17, 15) is 4.79 Å². The van der Waals surface area contributed by atoms with E-state index in [0.717, 1.165) is 34.7 Å². The molecule has 0 fully saturated rings. The first-order chi connectivity index (χ1) is 13.7. The van der Waals surface area contributed by atoms with Gasteiger partial charge in [-0.05, 0) is 37.1 Å². The van der Waals surface area contributed by atoms with Crippen LogP contribution in [0.3, 0.4) is 0 Å². The zero-order chi connectivity index (χ0) is 19.3. The Morgan fingerprint density at radius 1 is 1.18 bits per heavy atom. The van der Waals surface area contributed by atoms with Crippen molar-refractivity contribution in [3.05, 3.63) is 65.9 Å². The first-order valence-electron chi connectivity index (χ1n) is 9.43. The van der Waals surface area contributed by atoms with Crippen molar-refractivity contribution < 1.29 is 9.53 Å². The van der Waals surface area contributed by atoms with Crippen LogP contribution in [0.1, 0.15) is 18.1 Å². The molecule has 6 heteroatoms. The molecular formula is C22H22N4O2. The number of aromatic nitrogens is 2. The number of fused-ring (bicyclic) bond motifs is 3. The Morgan fingerprint density at radius 3 is 2.96 bits per heavy atom. The molecule has 0 radical (unpaired) electrons. The summed E-state index contributed by atoms with van der Waals surface area (Å²) >= 11 is 0. The molecule has 0 saturated carbocycles. The minimum Gasteiger partial charge on any atom is -0.494 e. The molecule has 2 heterocycles. The number of carbonyl (C=O) groups is 1. The van der Waals surface area contributed by atoms with Gasteiger partial charge in [0.1, 0.15) is 5.75 Å². The van der Waals surface area contributed by atoms with Crippen molar-refractivity contribution in [1.29, 1.82) is 0 Å². The molecule has 28 heavy (non-hydrogen) atoms. The van der Waals surface area contributed by atoms with Gasteiger partial charge < -0.3 is 15.4 Å². The summed E-state index contributed by atoms with van der Waals surface area (Å²) in [7, 11) is 0. The Labute approximate surface area is 164 Å². The standard InChI is InChI=1S/C22H22N4O2/c1-2-28-17-7-5-6-15(12-17)10-11-23-22-24-14-16-13-20(27)25-19-9-4-3-8-18(19)21(16)26-22/h3-9,12,14H,2,10-11,13H2,1H3,(H,25,27)(H,23,24,26). The van der Waals surface area contributed by atoms with E-state index < -0.39 is 0 Å². The van der Waals surface area contributed by atoms with Crippen LogP contribution in [0.4, 0.5) is 11.6 Å². The zero-order valence-corrected chi connectivity index (χ0v) is 15.7. The average Bonchev–Trinajstić information content (AvgIpc) is 2.84. The van der Waals surface area contributed by atoms with Crippen LogP contribution < -0.4 is 15.4 Å². The fraction of sp³-hybridized carbons (Fsp3) is 0.227. The second-order valence-electron chi connectivity index (χ2n) is 6.60. The number of hydrogen-bond acceptors (Lipinski definition) is 5. The van der Waals surface area contributed by atoms with Crippen molar-refractivity contribution in [2.45, 2.75) is 19.8 Å². The van der Waals surface area contributed by atoms with E-state index in [1.54, 1.807) is 6.20 Å². The second-order valence-corrected chi connectivity index (χ2v) is 6.60. The molecule has 1 aromatic heterocycles. The van der Waals surface area contributed by atoms with Gasteiger partial charge in [-0.25, -0.2) is 9.97 Å². The molecule has 0 unspecified atom stereocenters. The molecule has 1 amide bonds. The van der Waals surface area contributed by atoms with Crippen molar-refractivity contribution in [3.8, 4) is 17.0 Å². The van der Waals surface area contributed by atoms with Crippen LogP contribution in [-0.4, -0.2) is 29.0 Å². The number of hydrogen-bond donors (Lipinski definition) is 2. The van der Waals surface area contributed by atoms with Gasteiger partial charge in [0, 0.05) is 23.9 Å². The molecule has 6 nitrogen and oxygen atoms in total. The fourth-order valence-electron chi connectivity index (χ4n) is 3.30. The van der Waals surface area contributed by atoms with Crippen molar-refractivity contribution in [3.63, 3.8) is 0 Å². The number of nitrogens with one attached hydrogen (secondary N) is 2. The quantitative estimate of drug-likeness (QED) is 0.688. The molecule has 4 rings (SSSR count). The Morgan fingerprint density at radius 2 is 2.07 bits per heavy atom. The largest absolute Gasteiger partial charge is 0.494 e. The Bertz CT molecular complexity index is 1000. The Balaban J connectivity index is 1.50. The number of carbonyl (C=O) groups excluding carboxylic acids is 1. The highest BCUT2D eigenvalue weighted by Gasteiger charge is 2.20. The van der Waals surface area contributed by atoms with Gasteiger partial charge in [0.25, 0.3) is 0 Å². The van der Waals surface area contributed by atoms with Crippen molar-refractivity contribution in [2.75, 3.05) is 23.8 Å². The lowest BCUT2D eigenvalue weighted by atomic mass is 10.1. The Hall–Kier alpha value is -3.41. The third kappa shape index (κ3) is 3.96. The molecule has 0 atom stereocenters. The summed E-state index contributed by atoms with van der Waals surface area (Å²) in [5, 5.41) is 6.22. The van der Waals surface area contributed by atoms with Crippen molar-refractivity contribution >= 4 is 17.5 Å². The van der Waals surface area contributed by atoms with Gasteiger partial charge in [0.05, 0.1) is 24.4 Å². The summed E-state index contributed by atoms with van der Waals surface area (Å²) in [6, 6.07) is 15.8. The lowest BCUT2D eigenvalue weighted by molar-refractivity contribution is -0.115. The average molecular weight is 374 g/mol. The number of ether oxygens (including phenoxy) is 1. The summed E-state index contributed by atoms with van der Waals surface area (Å²) in [5.74, 6) is 1.39. The third-order valence-corrected chi connectivity index (χ3v) is 4.58.